The van der Waals surface area contributed by atoms with Crippen molar-refractivity contribution in [1.29, 1.82) is 0 Å². The van der Waals surface area contributed by atoms with Crippen LogP contribution in [0.5, 0.6) is 0 Å². The zero-order valence-electron chi connectivity index (χ0n) is 11.3. The molecule has 1 N–H and O–H groups in total. The molecule has 0 aromatic carbocycles. The van der Waals surface area contributed by atoms with Crippen molar-refractivity contribution in [3.05, 3.63) is 0 Å². The van der Waals surface area contributed by atoms with Crippen molar-refractivity contribution in [2.75, 3.05) is 13.7 Å². The van der Waals surface area contributed by atoms with Crippen molar-refractivity contribution in [1.82, 2.24) is 10.2 Å². The molecule has 2 aliphatic rings. The zero-order chi connectivity index (χ0) is 13.3. The Balaban J connectivity index is 2.18. The Labute approximate surface area is 108 Å². The van der Waals surface area contributed by atoms with E-state index in [9.17, 15) is 9.59 Å². The normalized spacial score (nSPS) is 30.3. The van der Waals surface area contributed by atoms with Gasteiger partial charge in [0.05, 0.1) is 12.6 Å². The molecule has 2 amide bonds. The smallest absolute Gasteiger partial charge is 0.246 e. The van der Waals surface area contributed by atoms with E-state index in [1.807, 2.05) is 13.8 Å². The van der Waals surface area contributed by atoms with E-state index in [0.717, 1.165) is 12.8 Å². The Morgan fingerprint density at radius 2 is 2.11 bits per heavy atom. The maximum atomic E-state index is 12.5. The number of amides is 2. The van der Waals surface area contributed by atoms with Gasteiger partial charge < -0.3 is 15.0 Å². The highest BCUT2D eigenvalue weighted by Gasteiger charge is 2.47. The van der Waals surface area contributed by atoms with Crippen molar-refractivity contribution >= 4 is 11.8 Å². The first kappa shape index (κ1) is 13.3. The van der Waals surface area contributed by atoms with E-state index in [1.165, 1.54) is 0 Å². The summed E-state index contributed by atoms with van der Waals surface area (Å²) in [6.45, 7) is 4.33. The lowest BCUT2D eigenvalue weighted by atomic mass is 10.00. The largest absolute Gasteiger partial charge is 0.383 e. The van der Waals surface area contributed by atoms with Gasteiger partial charge in [0, 0.05) is 7.11 Å². The molecule has 3 atom stereocenters. The molecule has 1 saturated carbocycles. The minimum absolute atomic E-state index is 0.0167. The molecular weight excluding hydrogens is 232 g/mol. The van der Waals surface area contributed by atoms with Crippen LogP contribution in [-0.2, 0) is 14.3 Å². The van der Waals surface area contributed by atoms with Crippen molar-refractivity contribution < 1.29 is 14.3 Å². The number of hydrogen-bond donors (Lipinski definition) is 1. The van der Waals surface area contributed by atoms with E-state index < -0.39 is 0 Å². The first-order valence-electron chi connectivity index (χ1n) is 6.71. The van der Waals surface area contributed by atoms with Crippen molar-refractivity contribution in [2.45, 2.75) is 51.2 Å². The van der Waals surface area contributed by atoms with Gasteiger partial charge in [0.2, 0.25) is 11.8 Å². The fourth-order valence-corrected chi connectivity index (χ4v) is 2.73. The number of hydrogen-bond acceptors (Lipinski definition) is 3. The number of carbonyl (C=O) groups is 2. The Kier molecular flexibility index (Phi) is 3.90. The van der Waals surface area contributed by atoms with E-state index in [2.05, 4.69) is 5.32 Å². The van der Waals surface area contributed by atoms with Crippen LogP contribution in [0, 0.1) is 5.92 Å². The summed E-state index contributed by atoms with van der Waals surface area (Å²) in [7, 11) is 1.62. The van der Waals surface area contributed by atoms with E-state index in [4.69, 9.17) is 4.74 Å². The molecule has 102 valence electrons. The number of nitrogens with zero attached hydrogens (tertiary/aromatic N) is 1. The number of ether oxygens (including phenoxy) is 1. The Morgan fingerprint density at radius 3 is 2.61 bits per heavy atom. The molecule has 0 aromatic heterocycles. The van der Waals surface area contributed by atoms with E-state index >= 15 is 0 Å². The second-order valence-corrected chi connectivity index (χ2v) is 5.30. The van der Waals surface area contributed by atoms with Gasteiger partial charge in [0.1, 0.15) is 12.1 Å². The Morgan fingerprint density at radius 1 is 1.44 bits per heavy atom. The van der Waals surface area contributed by atoms with Crippen LogP contribution in [0.3, 0.4) is 0 Å². The summed E-state index contributed by atoms with van der Waals surface area (Å²) in [6, 6.07) is -0.711. The summed E-state index contributed by atoms with van der Waals surface area (Å²) in [5.74, 6) is 0.391. The summed E-state index contributed by atoms with van der Waals surface area (Å²) >= 11 is 0. The zero-order valence-corrected chi connectivity index (χ0v) is 11.3. The molecule has 0 aromatic rings. The predicted molar refractivity (Wildman–Crippen MR) is 66.9 cm³/mol. The monoisotopic (exact) mass is 254 g/mol. The Bertz CT molecular complexity index is 341. The number of rotatable bonds is 5. The SMILES string of the molecule is CCC1C(=O)NC(C2CC2)C(=O)N1C(C)COC. The third kappa shape index (κ3) is 2.36. The van der Waals surface area contributed by atoms with Crippen LogP contribution in [-0.4, -0.2) is 48.6 Å². The first-order chi connectivity index (χ1) is 8.60. The summed E-state index contributed by atoms with van der Waals surface area (Å²) in [5.41, 5.74) is 0. The average Bonchev–Trinajstić information content (AvgIpc) is 3.15. The summed E-state index contributed by atoms with van der Waals surface area (Å²) in [5, 5.41) is 2.89. The lowest BCUT2D eigenvalue weighted by Gasteiger charge is -2.42. The number of methoxy groups -OCH3 is 1. The molecule has 0 bridgehead atoms. The van der Waals surface area contributed by atoms with Gasteiger partial charge >= 0.3 is 0 Å². The van der Waals surface area contributed by atoms with Gasteiger partial charge in [-0.05, 0) is 32.1 Å². The van der Waals surface area contributed by atoms with Gasteiger partial charge in [-0.1, -0.05) is 6.92 Å². The standard InChI is InChI=1S/C13H22N2O3/c1-4-10-12(16)14-11(9-5-6-9)13(17)15(10)8(2)7-18-3/h8-11H,4-7H2,1-3H3,(H,14,16). The van der Waals surface area contributed by atoms with Crippen molar-refractivity contribution in [3.63, 3.8) is 0 Å². The summed E-state index contributed by atoms with van der Waals surface area (Å²) in [6.07, 6.45) is 2.73. The highest BCUT2D eigenvalue weighted by atomic mass is 16.5. The second kappa shape index (κ2) is 5.26. The van der Waals surface area contributed by atoms with Crippen LogP contribution < -0.4 is 5.32 Å². The maximum absolute atomic E-state index is 12.5. The minimum atomic E-state index is -0.349. The topological polar surface area (TPSA) is 58.6 Å². The van der Waals surface area contributed by atoms with Crippen LogP contribution in [0.15, 0.2) is 0 Å². The number of carbonyl (C=O) groups excluding carboxylic acids is 2. The molecule has 2 rings (SSSR count). The molecule has 1 aliphatic carbocycles. The molecule has 1 saturated heterocycles. The van der Waals surface area contributed by atoms with E-state index in [1.54, 1.807) is 12.0 Å². The van der Waals surface area contributed by atoms with Gasteiger partial charge in [-0.15, -0.1) is 0 Å². The van der Waals surface area contributed by atoms with Crippen LogP contribution in [0.2, 0.25) is 0 Å². The van der Waals surface area contributed by atoms with Gasteiger partial charge in [0.25, 0.3) is 0 Å². The van der Waals surface area contributed by atoms with Crippen LogP contribution >= 0.6 is 0 Å². The van der Waals surface area contributed by atoms with Gasteiger partial charge in [-0.2, -0.15) is 0 Å². The summed E-state index contributed by atoms with van der Waals surface area (Å²) < 4.78 is 5.12. The molecule has 18 heavy (non-hydrogen) atoms. The summed E-state index contributed by atoms with van der Waals surface area (Å²) in [4.78, 5) is 26.3. The fourth-order valence-electron chi connectivity index (χ4n) is 2.73. The minimum Gasteiger partial charge on any atom is -0.383 e. The quantitative estimate of drug-likeness (QED) is 0.779. The lowest BCUT2D eigenvalue weighted by Crippen LogP contribution is -2.66. The maximum Gasteiger partial charge on any atom is 0.246 e. The molecular formula is C13H22N2O3. The Hall–Kier alpha value is -1.10. The molecule has 0 spiro atoms. The first-order valence-corrected chi connectivity index (χ1v) is 6.71. The molecule has 5 nitrogen and oxygen atoms in total. The van der Waals surface area contributed by atoms with E-state index in [0.29, 0.717) is 18.9 Å². The van der Waals surface area contributed by atoms with Gasteiger partial charge in [-0.3, -0.25) is 9.59 Å². The van der Waals surface area contributed by atoms with Crippen molar-refractivity contribution in [3.8, 4) is 0 Å². The molecule has 1 heterocycles. The molecule has 2 fully saturated rings. The van der Waals surface area contributed by atoms with Crippen LogP contribution in [0.25, 0.3) is 0 Å². The third-order valence-corrected chi connectivity index (χ3v) is 3.82. The lowest BCUT2D eigenvalue weighted by molar-refractivity contribution is -0.153. The molecule has 1 aliphatic heterocycles. The van der Waals surface area contributed by atoms with E-state index in [-0.39, 0.29) is 29.9 Å². The third-order valence-electron chi connectivity index (χ3n) is 3.82. The molecule has 0 radical (unpaired) electrons. The highest BCUT2D eigenvalue weighted by molar-refractivity contribution is 5.97. The highest BCUT2D eigenvalue weighted by Crippen LogP contribution is 2.35. The second-order valence-electron chi connectivity index (χ2n) is 5.30. The predicted octanol–water partition coefficient (Wildman–Crippen LogP) is 0.537. The van der Waals surface area contributed by atoms with Crippen LogP contribution in [0.4, 0.5) is 0 Å². The molecule has 3 unspecified atom stereocenters. The fraction of sp³-hybridized carbons (Fsp3) is 0.846. The number of nitrogens with one attached hydrogen (secondary N) is 1. The van der Waals surface area contributed by atoms with Gasteiger partial charge in [0.15, 0.2) is 0 Å². The average molecular weight is 254 g/mol. The van der Waals surface area contributed by atoms with Gasteiger partial charge in [-0.25, -0.2) is 0 Å². The number of piperazine rings is 1. The molecule has 5 heteroatoms. The van der Waals surface area contributed by atoms with Crippen LogP contribution in [0.1, 0.15) is 33.1 Å². The van der Waals surface area contributed by atoms with Crippen molar-refractivity contribution in [2.24, 2.45) is 5.92 Å².